The van der Waals surface area contributed by atoms with E-state index in [9.17, 15) is 24.3 Å². The normalized spacial score (nSPS) is 10.7. The lowest BCUT2D eigenvalue weighted by Gasteiger charge is -2.14. The maximum absolute atomic E-state index is 13.1. The molecule has 0 fully saturated rings. The summed E-state index contributed by atoms with van der Waals surface area (Å²) in [5.41, 5.74) is 0.359. The number of hydrogen-bond acceptors (Lipinski definition) is 5. The number of fused-ring (bicyclic) bond motifs is 1. The van der Waals surface area contributed by atoms with Crippen molar-refractivity contribution >= 4 is 45.7 Å². The summed E-state index contributed by atoms with van der Waals surface area (Å²) in [5, 5.41) is 12.3. The second kappa shape index (κ2) is 8.00. The van der Waals surface area contributed by atoms with Crippen LogP contribution in [0.2, 0.25) is 0 Å². The van der Waals surface area contributed by atoms with E-state index in [-0.39, 0.29) is 11.2 Å². The third-order valence-electron chi connectivity index (χ3n) is 4.75. The van der Waals surface area contributed by atoms with Gasteiger partial charge in [0, 0.05) is 22.0 Å². The van der Waals surface area contributed by atoms with Crippen molar-refractivity contribution in [3.8, 4) is 10.4 Å². The fraction of sp³-hybridized carbons (Fsp3) is 0.0435. The van der Waals surface area contributed by atoms with E-state index in [0.29, 0.717) is 16.1 Å². The van der Waals surface area contributed by atoms with Gasteiger partial charge in [0.05, 0.1) is 16.1 Å². The Morgan fingerprint density at radius 1 is 0.968 bits per heavy atom. The quantitative estimate of drug-likeness (QED) is 0.454. The van der Waals surface area contributed by atoms with Gasteiger partial charge < -0.3 is 10.4 Å². The van der Waals surface area contributed by atoms with E-state index in [1.54, 1.807) is 36.4 Å². The van der Waals surface area contributed by atoms with E-state index in [0.717, 1.165) is 21.2 Å². The van der Waals surface area contributed by atoms with Gasteiger partial charge in [-0.05, 0) is 37.3 Å². The van der Waals surface area contributed by atoms with Gasteiger partial charge in [0.25, 0.3) is 0 Å². The van der Waals surface area contributed by atoms with Crippen LogP contribution in [0.25, 0.3) is 21.3 Å². The number of rotatable bonds is 4. The number of nitrogens with zero attached hydrogens (tertiary/aromatic N) is 1. The van der Waals surface area contributed by atoms with E-state index in [2.05, 4.69) is 5.32 Å². The highest BCUT2D eigenvalue weighted by Crippen LogP contribution is 2.34. The highest BCUT2D eigenvalue weighted by atomic mass is 32.1. The maximum Gasteiger partial charge on any atom is 0.341 e. The van der Waals surface area contributed by atoms with E-state index in [4.69, 9.17) is 0 Å². The van der Waals surface area contributed by atoms with Crippen LogP contribution in [0.5, 0.6) is 0 Å². The standard InChI is InChI=1S/C23H16N2O5S/c1-13(26)19-10-11-20(31-19)14-6-2-4-8-17(14)24-23(30)25-12-16(22(28)29)21(27)15-7-3-5-9-18(15)25/h2-12H,1H3,(H,24,30)(H,28,29). The van der Waals surface area contributed by atoms with Gasteiger partial charge in [0.2, 0.25) is 5.43 Å². The van der Waals surface area contributed by atoms with Gasteiger partial charge in [-0.2, -0.15) is 0 Å². The lowest BCUT2D eigenvalue weighted by atomic mass is 10.1. The third kappa shape index (κ3) is 3.76. The summed E-state index contributed by atoms with van der Waals surface area (Å²) in [7, 11) is 0. The maximum atomic E-state index is 13.1. The summed E-state index contributed by atoms with van der Waals surface area (Å²) in [6, 6.07) is 16.4. The number of nitrogens with one attached hydrogen (secondary N) is 1. The second-order valence-electron chi connectivity index (χ2n) is 6.76. The van der Waals surface area contributed by atoms with Crippen molar-refractivity contribution in [1.29, 1.82) is 0 Å². The molecule has 0 aliphatic rings. The van der Waals surface area contributed by atoms with Gasteiger partial charge in [-0.3, -0.25) is 14.2 Å². The number of aromatic nitrogens is 1. The Morgan fingerprint density at radius 2 is 1.68 bits per heavy atom. The van der Waals surface area contributed by atoms with Crippen LogP contribution >= 0.6 is 11.3 Å². The molecule has 0 saturated heterocycles. The minimum absolute atomic E-state index is 0.0429. The summed E-state index contributed by atoms with van der Waals surface area (Å²) < 4.78 is 1.12. The zero-order valence-corrected chi connectivity index (χ0v) is 17.1. The number of pyridine rings is 1. The first-order valence-electron chi connectivity index (χ1n) is 9.26. The highest BCUT2D eigenvalue weighted by Gasteiger charge is 2.18. The number of carboxylic acid groups (broad SMARTS) is 1. The van der Waals surface area contributed by atoms with Crippen LogP contribution in [-0.2, 0) is 0 Å². The number of ketones is 1. The molecule has 7 nitrogen and oxygen atoms in total. The van der Waals surface area contributed by atoms with Gasteiger partial charge in [-0.15, -0.1) is 11.3 Å². The van der Waals surface area contributed by atoms with Crippen molar-refractivity contribution in [2.75, 3.05) is 5.32 Å². The molecule has 4 aromatic rings. The van der Waals surface area contributed by atoms with Crippen molar-refractivity contribution < 1.29 is 19.5 Å². The average Bonchev–Trinajstić information content (AvgIpc) is 3.25. The number of Topliss-reactive ketones (excluding diaryl/α,β-unsaturated/α-hetero) is 1. The van der Waals surface area contributed by atoms with E-state index >= 15 is 0 Å². The van der Waals surface area contributed by atoms with Crippen LogP contribution in [0.3, 0.4) is 0 Å². The fourth-order valence-electron chi connectivity index (χ4n) is 3.25. The van der Waals surface area contributed by atoms with Gasteiger partial charge >= 0.3 is 12.0 Å². The monoisotopic (exact) mass is 432 g/mol. The van der Waals surface area contributed by atoms with Gasteiger partial charge in [0.15, 0.2) is 5.78 Å². The Balaban J connectivity index is 1.79. The Bertz CT molecular complexity index is 1420. The molecular formula is C23H16N2O5S. The number of amides is 1. The minimum Gasteiger partial charge on any atom is -0.477 e. The molecule has 0 unspecified atom stereocenters. The van der Waals surface area contributed by atoms with Gasteiger partial charge in [-0.25, -0.2) is 9.59 Å². The van der Waals surface area contributed by atoms with Crippen molar-refractivity contribution in [2.45, 2.75) is 6.92 Å². The molecule has 0 atom stereocenters. The third-order valence-corrected chi connectivity index (χ3v) is 5.97. The molecule has 0 spiro atoms. The Labute approximate surface area is 180 Å². The number of para-hydroxylation sites is 2. The first kappa shape index (κ1) is 20.2. The molecule has 31 heavy (non-hydrogen) atoms. The molecule has 8 heteroatoms. The molecule has 4 rings (SSSR count). The highest BCUT2D eigenvalue weighted by molar-refractivity contribution is 7.17. The van der Waals surface area contributed by atoms with Crippen molar-refractivity contribution in [3.63, 3.8) is 0 Å². The largest absolute Gasteiger partial charge is 0.477 e. The summed E-state index contributed by atoms with van der Waals surface area (Å²) in [5.74, 6) is -1.45. The van der Waals surface area contributed by atoms with Gasteiger partial charge in [-0.1, -0.05) is 30.3 Å². The van der Waals surface area contributed by atoms with Crippen LogP contribution in [0.4, 0.5) is 10.5 Å². The Morgan fingerprint density at radius 3 is 2.39 bits per heavy atom. The number of benzene rings is 2. The number of carbonyl (C=O) groups is 3. The minimum atomic E-state index is -1.41. The molecular weight excluding hydrogens is 416 g/mol. The number of carbonyl (C=O) groups excluding carboxylic acids is 2. The van der Waals surface area contributed by atoms with Crippen molar-refractivity contribution in [1.82, 2.24) is 4.57 Å². The van der Waals surface area contributed by atoms with Crippen LogP contribution in [-0.4, -0.2) is 27.5 Å². The molecule has 0 aliphatic heterocycles. The summed E-state index contributed by atoms with van der Waals surface area (Å²) >= 11 is 1.32. The Hall–Kier alpha value is -4.04. The second-order valence-corrected chi connectivity index (χ2v) is 7.84. The SMILES string of the molecule is CC(=O)c1ccc(-c2ccccc2NC(=O)n2cc(C(=O)O)c(=O)c3ccccc32)s1. The van der Waals surface area contributed by atoms with Crippen LogP contribution in [0.15, 0.2) is 71.7 Å². The molecule has 0 saturated carbocycles. The summed E-state index contributed by atoms with van der Waals surface area (Å²) in [4.78, 5) is 50.1. The predicted octanol–water partition coefficient (Wildman–Crippen LogP) is 4.71. The Kier molecular flexibility index (Phi) is 5.22. The van der Waals surface area contributed by atoms with Crippen LogP contribution in [0.1, 0.15) is 27.0 Å². The number of thiophene rings is 1. The lowest BCUT2D eigenvalue weighted by molar-refractivity contribution is 0.0695. The molecule has 2 heterocycles. The molecule has 1 amide bonds. The van der Waals surface area contributed by atoms with Crippen molar-refractivity contribution in [2.24, 2.45) is 0 Å². The fourth-order valence-corrected chi connectivity index (χ4v) is 4.19. The number of hydrogen-bond donors (Lipinski definition) is 2. The number of anilines is 1. The smallest absolute Gasteiger partial charge is 0.341 e. The van der Waals surface area contributed by atoms with E-state index in [1.807, 2.05) is 18.2 Å². The van der Waals surface area contributed by atoms with Crippen LogP contribution in [0, 0.1) is 0 Å². The molecule has 0 bridgehead atoms. The molecule has 2 aromatic carbocycles. The molecule has 154 valence electrons. The molecule has 0 aliphatic carbocycles. The van der Waals surface area contributed by atoms with Gasteiger partial charge in [0.1, 0.15) is 5.56 Å². The van der Waals surface area contributed by atoms with Crippen LogP contribution < -0.4 is 10.7 Å². The van der Waals surface area contributed by atoms with E-state index in [1.165, 1.54) is 24.3 Å². The summed E-state index contributed by atoms with van der Waals surface area (Å²) in [6.07, 6.45) is 1.03. The molecule has 2 N–H and O–H groups in total. The molecule has 0 radical (unpaired) electrons. The number of carboxylic acids is 1. The summed E-state index contributed by atoms with van der Waals surface area (Å²) in [6.45, 7) is 1.49. The lowest BCUT2D eigenvalue weighted by Crippen LogP contribution is -2.25. The zero-order chi connectivity index (χ0) is 22.1. The topological polar surface area (TPSA) is 105 Å². The average molecular weight is 432 g/mol. The first-order valence-corrected chi connectivity index (χ1v) is 10.1. The van der Waals surface area contributed by atoms with Crippen molar-refractivity contribution in [3.05, 3.63) is 87.5 Å². The zero-order valence-electron chi connectivity index (χ0n) is 16.3. The van der Waals surface area contributed by atoms with E-state index < -0.39 is 23.0 Å². The number of aromatic carboxylic acids is 1. The molecule has 2 aromatic heterocycles. The first-order chi connectivity index (χ1) is 14.9. The predicted molar refractivity (Wildman–Crippen MR) is 119 cm³/mol.